The summed E-state index contributed by atoms with van der Waals surface area (Å²) in [7, 11) is -3.77. The molecule has 0 amide bonds. The molecule has 1 rings (SSSR count). The molecule has 0 aliphatic rings. The molecule has 1 aromatic carbocycles. The minimum atomic E-state index is -3.77. The van der Waals surface area contributed by atoms with Gasteiger partial charge in [-0.1, -0.05) is 29.3 Å². The third-order valence-electron chi connectivity index (χ3n) is 2.59. The van der Waals surface area contributed by atoms with Crippen molar-refractivity contribution in [2.45, 2.75) is 23.1 Å². The highest BCUT2D eigenvalue weighted by molar-refractivity contribution is 7.99. The average molecular weight is 344 g/mol. The highest BCUT2D eigenvalue weighted by atomic mass is 35.5. The van der Waals surface area contributed by atoms with E-state index in [0.29, 0.717) is 0 Å². The average Bonchev–Trinajstić information content (AvgIpc) is 2.33. The quantitative estimate of drug-likeness (QED) is 0.832. The van der Waals surface area contributed by atoms with E-state index in [1.165, 1.54) is 30.0 Å². The molecule has 0 fully saturated rings. The second-order valence-electron chi connectivity index (χ2n) is 3.92. The van der Waals surface area contributed by atoms with Gasteiger partial charge in [-0.15, -0.1) is 0 Å². The fourth-order valence-corrected chi connectivity index (χ4v) is 4.27. The first-order valence-electron chi connectivity index (χ1n) is 5.43. The minimum absolute atomic E-state index is 0.00596. The molecule has 0 aliphatic heterocycles. The molecule has 0 saturated heterocycles. The Morgan fingerprint density at radius 3 is 2.58 bits per heavy atom. The fraction of sp³-hybridized carbons (Fsp3) is 0.455. The molecule has 8 heteroatoms. The Hall–Kier alpha value is 0.0200. The molecular weight excluding hydrogens is 329 g/mol. The molecule has 4 nitrogen and oxygen atoms in total. The number of benzene rings is 1. The third-order valence-corrected chi connectivity index (χ3v) is 6.28. The molecular formula is C11H15Cl2NO3S2. The molecule has 108 valence electrons. The largest absolute Gasteiger partial charge is 0.395 e. The first-order chi connectivity index (χ1) is 8.83. The number of thioether (sulfide) groups is 1. The first kappa shape index (κ1) is 17.1. The van der Waals surface area contributed by atoms with E-state index in [4.69, 9.17) is 28.3 Å². The van der Waals surface area contributed by atoms with Crippen molar-refractivity contribution in [3.63, 3.8) is 0 Å². The van der Waals surface area contributed by atoms with Gasteiger partial charge in [0.15, 0.2) is 0 Å². The van der Waals surface area contributed by atoms with Gasteiger partial charge in [0.25, 0.3) is 0 Å². The molecule has 2 atom stereocenters. The number of hydrogen-bond donors (Lipinski definition) is 2. The van der Waals surface area contributed by atoms with E-state index in [1.54, 1.807) is 13.2 Å². The van der Waals surface area contributed by atoms with Crippen molar-refractivity contribution in [1.82, 2.24) is 4.72 Å². The van der Waals surface area contributed by atoms with Crippen LogP contribution in [-0.4, -0.2) is 37.7 Å². The summed E-state index contributed by atoms with van der Waals surface area (Å²) in [4.78, 5) is -0.0636. The van der Waals surface area contributed by atoms with Crippen LogP contribution in [-0.2, 0) is 10.0 Å². The van der Waals surface area contributed by atoms with Gasteiger partial charge in [-0.3, -0.25) is 0 Å². The molecule has 0 spiro atoms. The zero-order valence-corrected chi connectivity index (χ0v) is 13.6. The molecule has 0 aliphatic carbocycles. The molecule has 2 N–H and O–H groups in total. The zero-order chi connectivity index (χ0) is 14.6. The van der Waals surface area contributed by atoms with Crippen LogP contribution in [0.1, 0.15) is 6.92 Å². The molecule has 0 radical (unpaired) electrons. The monoisotopic (exact) mass is 343 g/mol. The van der Waals surface area contributed by atoms with Crippen molar-refractivity contribution in [1.29, 1.82) is 0 Å². The van der Waals surface area contributed by atoms with Crippen molar-refractivity contribution < 1.29 is 13.5 Å². The number of sulfonamides is 1. The number of nitrogens with one attached hydrogen (secondary N) is 1. The van der Waals surface area contributed by atoms with Crippen molar-refractivity contribution in [3.8, 4) is 0 Å². The zero-order valence-electron chi connectivity index (χ0n) is 10.4. The van der Waals surface area contributed by atoms with Crippen LogP contribution in [0.4, 0.5) is 0 Å². The van der Waals surface area contributed by atoms with E-state index in [-0.39, 0.29) is 26.8 Å². The highest BCUT2D eigenvalue weighted by Crippen LogP contribution is 2.29. The van der Waals surface area contributed by atoms with Crippen LogP contribution in [0.5, 0.6) is 0 Å². The van der Waals surface area contributed by atoms with E-state index in [9.17, 15) is 8.42 Å². The smallest absolute Gasteiger partial charge is 0.242 e. The van der Waals surface area contributed by atoms with E-state index in [1.807, 2.05) is 0 Å². The molecule has 2 unspecified atom stereocenters. The second-order valence-corrected chi connectivity index (χ2v) is 7.46. The van der Waals surface area contributed by atoms with Crippen molar-refractivity contribution in [3.05, 3.63) is 28.2 Å². The summed E-state index contributed by atoms with van der Waals surface area (Å²) in [6.45, 7) is 1.57. The summed E-state index contributed by atoms with van der Waals surface area (Å²) in [6, 6.07) is 3.99. The van der Waals surface area contributed by atoms with Crippen LogP contribution in [0.2, 0.25) is 10.0 Å². The first-order valence-corrected chi connectivity index (χ1v) is 8.96. The Labute approximate surface area is 127 Å². The summed E-state index contributed by atoms with van der Waals surface area (Å²) in [6.07, 6.45) is 1.80. The lowest BCUT2D eigenvalue weighted by atomic mass is 10.3. The van der Waals surface area contributed by atoms with Gasteiger partial charge in [-0.25, -0.2) is 13.1 Å². The Bertz CT molecular complexity index is 533. The molecule has 1 aromatic rings. The fourth-order valence-electron chi connectivity index (χ4n) is 1.51. The van der Waals surface area contributed by atoms with E-state index >= 15 is 0 Å². The number of aliphatic hydroxyl groups excluding tert-OH is 1. The van der Waals surface area contributed by atoms with E-state index < -0.39 is 16.1 Å². The maximum Gasteiger partial charge on any atom is 0.242 e. The van der Waals surface area contributed by atoms with Crippen LogP contribution in [0.15, 0.2) is 23.1 Å². The predicted molar refractivity (Wildman–Crippen MR) is 80.6 cm³/mol. The standard InChI is InChI=1S/C11H15Cl2NO3S2/c1-7(9(6-15)18-2)14-19(16,17)10-5-3-4-8(12)11(10)13/h3-5,7,9,14-15H,6H2,1-2H3. The minimum Gasteiger partial charge on any atom is -0.395 e. The molecule has 0 bridgehead atoms. The van der Waals surface area contributed by atoms with E-state index in [2.05, 4.69) is 4.72 Å². The predicted octanol–water partition coefficient (Wildman–Crippen LogP) is 2.38. The summed E-state index contributed by atoms with van der Waals surface area (Å²) >= 11 is 13.1. The van der Waals surface area contributed by atoms with Crippen LogP contribution in [0.3, 0.4) is 0 Å². The molecule has 19 heavy (non-hydrogen) atoms. The highest BCUT2D eigenvalue weighted by Gasteiger charge is 2.25. The topological polar surface area (TPSA) is 66.4 Å². The Morgan fingerprint density at radius 1 is 1.42 bits per heavy atom. The summed E-state index contributed by atoms with van der Waals surface area (Å²) in [5.41, 5.74) is 0. The van der Waals surface area contributed by atoms with Crippen LogP contribution in [0.25, 0.3) is 0 Å². The maximum absolute atomic E-state index is 12.2. The van der Waals surface area contributed by atoms with Crippen molar-refractivity contribution in [2.24, 2.45) is 0 Å². The van der Waals surface area contributed by atoms with Gasteiger partial charge < -0.3 is 5.11 Å². The summed E-state index contributed by atoms with van der Waals surface area (Å²) in [5, 5.41) is 9.11. The van der Waals surface area contributed by atoms with Gasteiger partial charge in [0.2, 0.25) is 10.0 Å². The van der Waals surface area contributed by atoms with Crippen molar-refractivity contribution in [2.75, 3.05) is 12.9 Å². The van der Waals surface area contributed by atoms with Crippen LogP contribution < -0.4 is 4.72 Å². The van der Waals surface area contributed by atoms with Gasteiger partial charge >= 0.3 is 0 Å². The third kappa shape index (κ3) is 4.24. The molecule has 0 heterocycles. The molecule has 0 saturated carbocycles. The second kappa shape index (κ2) is 7.15. The van der Waals surface area contributed by atoms with Gasteiger partial charge in [-0.05, 0) is 25.3 Å². The lowest BCUT2D eigenvalue weighted by molar-refractivity contribution is 0.282. The summed E-state index contributed by atoms with van der Waals surface area (Å²) < 4.78 is 26.9. The SMILES string of the molecule is CSC(CO)C(C)NS(=O)(=O)c1cccc(Cl)c1Cl. The van der Waals surface area contributed by atoms with Gasteiger partial charge in [0.1, 0.15) is 4.90 Å². The molecule has 0 aromatic heterocycles. The van der Waals surface area contributed by atoms with Gasteiger partial charge in [-0.2, -0.15) is 11.8 Å². The lowest BCUT2D eigenvalue weighted by Gasteiger charge is -2.21. The Morgan fingerprint density at radius 2 is 2.05 bits per heavy atom. The Kier molecular flexibility index (Phi) is 6.42. The lowest BCUT2D eigenvalue weighted by Crippen LogP contribution is -2.41. The van der Waals surface area contributed by atoms with Gasteiger partial charge in [0, 0.05) is 11.3 Å². The number of aliphatic hydroxyl groups is 1. The Balaban J connectivity index is 3.02. The number of halogens is 2. The van der Waals surface area contributed by atoms with Crippen LogP contribution in [0, 0.1) is 0 Å². The normalized spacial score (nSPS) is 15.2. The van der Waals surface area contributed by atoms with E-state index in [0.717, 1.165) is 0 Å². The maximum atomic E-state index is 12.2. The van der Waals surface area contributed by atoms with Crippen LogP contribution >= 0.6 is 35.0 Å². The van der Waals surface area contributed by atoms with Crippen molar-refractivity contribution >= 4 is 45.0 Å². The van der Waals surface area contributed by atoms with Gasteiger partial charge in [0.05, 0.1) is 16.7 Å². The number of rotatable bonds is 6. The summed E-state index contributed by atoms with van der Waals surface area (Å²) in [5.74, 6) is 0. The number of hydrogen-bond acceptors (Lipinski definition) is 4.